The number of ether oxygens (including phenoxy) is 3. The molecular formula is C21H24N3O5+. The first-order valence-electron chi connectivity index (χ1n) is 9.65. The average Bonchev–Trinajstić information content (AvgIpc) is 3.21. The quantitative estimate of drug-likeness (QED) is 0.621. The van der Waals surface area contributed by atoms with E-state index in [2.05, 4.69) is 22.8 Å². The molecule has 2 aliphatic rings. The van der Waals surface area contributed by atoms with Crippen LogP contribution in [0.25, 0.3) is 0 Å². The van der Waals surface area contributed by atoms with E-state index < -0.39 is 11.8 Å². The first-order valence-corrected chi connectivity index (χ1v) is 9.65. The standard InChI is InChI=1S/C21H23N3O5/c25-20(21(26)23-17-5-6-18-19(11-17)29-14-28-18)22-12-15-1-3-16(4-2-15)13-24-7-9-27-10-8-24/h1-6,11H,7-10,12-14H2,(H,22,25)(H,23,26)/p+1. The van der Waals surface area contributed by atoms with E-state index in [1.165, 1.54) is 10.5 Å². The molecule has 2 amide bonds. The summed E-state index contributed by atoms with van der Waals surface area (Å²) < 4.78 is 15.9. The van der Waals surface area contributed by atoms with E-state index in [9.17, 15) is 9.59 Å². The molecule has 0 unspecified atom stereocenters. The van der Waals surface area contributed by atoms with Crippen molar-refractivity contribution in [1.29, 1.82) is 0 Å². The fraction of sp³-hybridized carbons (Fsp3) is 0.333. The van der Waals surface area contributed by atoms with Gasteiger partial charge in [0.1, 0.15) is 19.6 Å². The molecular weight excluding hydrogens is 374 g/mol. The number of hydrogen-bond donors (Lipinski definition) is 3. The maximum Gasteiger partial charge on any atom is 0.313 e. The van der Waals surface area contributed by atoms with Crippen molar-refractivity contribution >= 4 is 17.5 Å². The van der Waals surface area contributed by atoms with Crippen molar-refractivity contribution in [2.75, 3.05) is 38.4 Å². The van der Waals surface area contributed by atoms with Crippen molar-refractivity contribution in [1.82, 2.24) is 5.32 Å². The van der Waals surface area contributed by atoms with Gasteiger partial charge >= 0.3 is 11.8 Å². The molecule has 1 fully saturated rings. The molecule has 0 aliphatic carbocycles. The van der Waals surface area contributed by atoms with Crippen molar-refractivity contribution in [2.24, 2.45) is 0 Å². The van der Waals surface area contributed by atoms with Gasteiger partial charge in [-0.3, -0.25) is 9.59 Å². The predicted molar refractivity (Wildman–Crippen MR) is 105 cm³/mol. The van der Waals surface area contributed by atoms with Crippen LogP contribution in [0, 0.1) is 0 Å². The molecule has 0 bridgehead atoms. The number of nitrogens with one attached hydrogen (secondary N) is 3. The van der Waals surface area contributed by atoms with E-state index in [-0.39, 0.29) is 13.3 Å². The van der Waals surface area contributed by atoms with Gasteiger partial charge in [0, 0.05) is 23.9 Å². The number of fused-ring (bicyclic) bond motifs is 1. The summed E-state index contributed by atoms with van der Waals surface area (Å²) in [4.78, 5) is 25.7. The first kappa shape index (κ1) is 19.2. The van der Waals surface area contributed by atoms with Crippen LogP contribution in [0.15, 0.2) is 42.5 Å². The maximum absolute atomic E-state index is 12.1. The Hall–Kier alpha value is -3.10. The third-order valence-corrected chi connectivity index (χ3v) is 4.97. The number of quaternary nitrogens is 1. The number of morpholine rings is 1. The lowest BCUT2D eigenvalue weighted by Gasteiger charge is -2.23. The zero-order chi connectivity index (χ0) is 20.1. The zero-order valence-corrected chi connectivity index (χ0v) is 16.0. The van der Waals surface area contributed by atoms with E-state index >= 15 is 0 Å². The van der Waals surface area contributed by atoms with E-state index in [1.54, 1.807) is 18.2 Å². The lowest BCUT2D eigenvalue weighted by molar-refractivity contribution is -0.921. The summed E-state index contributed by atoms with van der Waals surface area (Å²) in [6.07, 6.45) is 0. The van der Waals surface area contributed by atoms with Gasteiger partial charge in [-0.25, -0.2) is 0 Å². The van der Waals surface area contributed by atoms with Gasteiger partial charge in [0.05, 0.1) is 13.2 Å². The van der Waals surface area contributed by atoms with Crippen LogP contribution < -0.4 is 25.0 Å². The lowest BCUT2D eigenvalue weighted by Crippen LogP contribution is -3.12. The highest BCUT2D eigenvalue weighted by molar-refractivity contribution is 6.39. The van der Waals surface area contributed by atoms with Crippen molar-refractivity contribution in [3.05, 3.63) is 53.6 Å². The summed E-state index contributed by atoms with van der Waals surface area (Å²) in [5, 5.41) is 5.21. The molecule has 2 aromatic carbocycles. The number of rotatable bonds is 5. The van der Waals surface area contributed by atoms with Crippen LogP contribution in [-0.2, 0) is 27.4 Å². The second-order valence-electron chi connectivity index (χ2n) is 7.06. The van der Waals surface area contributed by atoms with Gasteiger partial charge in [-0.05, 0) is 17.7 Å². The molecule has 2 aliphatic heterocycles. The molecule has 2 heterocycles. The maximum atomic E-state index is 12.1. The summed E-state index contributed by atoms with van der Waals surface area (Å²) in [5.41, 5.74) is 2.66. The topological polar surface area (TPSA) is 90.3 Å². The van der Waals surface area contributed by atoms with E-state index in [4.69, 9.17) is 14.2 Å². The third-order valence-electron chi connectivity index (χ3n) is 4.97. The van der Waals surface area contributed by atoms with E-state index in [0.717, 1.165) is 38.4 Å². The second-order valence-corrected chi connectivity index (χ2v) is 7.06. The van der Waals surface area contributed by atoms with Crippen molar-refractivity contribution in [3.8, 4) is 11.5 Å². The average molecular weight is 398 g/mol. The largest absolute Gasteiger partial charge is 0.454 e. The summed E-state index contributed by atoms with van der Waals surface area (Å²) in [6, 6.07) is 13.1. The van der Waals surface area contributed by atoms with E-state index in [0.29, 0.717) is 17.2 Å². The Kier molecular flexibility index (Phi) is 5.92. The summed E-state index contributed by atoms with van der Waals surface area (Å²) in [5.74, 6) is -0.255. The number of amides is 2. The summed E-state index contributed by atoms with van der Waals surface area (Å²) >= 11 is 0. The third kappa shape index (κ3) is 5.04. The monoisotopic (exact) mass is 398 g/mol. The van der Waals surface area contributed by atoms with Crippen LogP contribution in [0.2, 0.25) is 0 Å². The highest BCUT2D eigenvalue weighted by Gasteiger charge is 2.17. The van der Waals surface area contributed by atoms with Gasteiger partial charge in [-0.15, -0.1) is 0 Å². The Balaban J connectivity index is 1.24. The van der Waals surface area contributed by atoms with Gasteiger partial charge in [0.15, 0.2) is 11.5 Å². The Bertz CT molecular complexity index is 878. The predicted octanol–water partition coefficient (Wildman–Crippen LogP) is 0.0853. The Morgan fingerprint density at radius 2 is 1.62 bits per heavy atom. The minimum Gasteiger partial charge on any atom is -0.454 e. The van der Waals surface area contributed by atoms with Gasteiger partial charge in [-0.1, -0.05) is 24.3 Å². The Labute approximate surface area is 168 Å². The van der Waals surface area contributed by atoms with Gasteiger partial charge in [0.2, 0.25) is 6.79 Å². The Morgan fingerprint density at radius 3 is 2.41 bits per heavy atom. The van der Waals surface area contributed by atoms with Gasteiger partial charge in [0.25, 0.3) is 0 Å². The molecule has 0 atom stereocenters. The number of carbonyl (C=O) groups is 2. The second kappa shape index (κ2) is 8.93. The molecule has 152 valence electrons. The molecule has 4 rings (SSSR count). The molecule has 0 spiro atoms. The highest BCUT2D eigenvalue weighted by Crippen LogP contribution is 2.34. The van der Waals surface area contributed by atoms with Crippen LogP contribution >= 0.6 is 0 Å². The Morgan fingerprint density at radius 1 is 0.897 bits per heavy atom. The molecule has 2 aromatic rings. The zero-order valence-electron chi connectivity index (χ0n) is 16.0. The number of anilines is 1. The SMILES string of the molecule is O=C(NCc1ccc(C[NH+]2CCOCC2)cc1)C(=O)Nc1ccc2c(c1)OCO2. The molecule has 8 nitrogen and oxygen atoms in total. The van der Waals surface area contributed by atoms with Crippen molar-refractivity contribution < 1.29 is 28.7 Å². The van der Waals surface area contributed by atoms with Gasteiger partial charge in [-0.2, -0.15) is 0 Å². The molecule has 0 aromatic heterocycles. The van der Waals surface area contributed by atoms with Gasteiger partial charge < -0.3 is 29.7 Å². The van der Waals surface area contributed by atoms with Crippen molar-refractivity contribution in [2.45, 2.75) is 13.1 Å². The van der Waals surface area contributed by atoms with Crippen LogP contribution in [0.5, 0.6) is 11.5 Å². The molecule has 8 heteroatoms. The summed E-state index contributed by atoms with van der Waals surface area (Å²) in [7, 11) is 0. The van der Waals surface area contributed by atoms with Crippen LogP contribution in [0.1, 0.15) is 11.1 Å². The highest BCUT2D eigenvalue weighted by atomic mass is 16.7. The molecule has 0 saturated carbocycles. The lowest BCUT2D eigenvalue weighted by atomic mass is 10.1. The smallest absolute Gasteiger partial charge is 0.313 e. The molecule has 3 N–H and O–H groups in total. The fourth-order valence-electron chi connectivity index (χ4n) is 3.33. The van der Waals surface area contributed by atoms with Crippen LogP contribution in [-0.4, -0.2) is 44.9 Å². The van der Waals surface area contributed by atoms with Crippen LogP contribution in [0.4, 0.5) is 5.69 Å². The van der Waals surface area contributed by atoms with E-state index in [1.807, 2.05) is 12.1 Å². The number of hydrogen-bond acceptors (Lipinski definition) is 5. The molecule has 29 heavy (non-hydrogen) atoms. The fourth-order valence-corrected chi connectivity index (χ4v) is 3.33. The first-order chi connectivity index (χ1) is 14.2. The van der Waals surface area contributed by atoms with Crippen molar-refractivity contribution in [3.63, 3.8) is 0 Å². The molecule has 1 saturated heterocycles. The number of benzene rings is 2. The van der Waals surface area contributed by atoms with Crippen LogP contribution in [0.3, 0.4) is 0 Å². The summed E-state index contributed by atoms with van der Waals surface area (Å²) in [6.45, 7) is 5.08. The number of carbonyl (C=O) groups excluding carboxylic acids is 2. The normalized spacial score (nSPS) is 15.7. The minimum atomic E-state index is -0.726. The minimum absolute atomic E-state index is 0.153. The molecule has 0 radical (unpaired) electrons.